The molecule has 0 aromatic carbocycles. The first-order chi connectivity index (χ1) is 17.8. The third-order valence-electron chi connectivity index (χ3n) is 5.13. The lowest BCUT2D eigenvalue weighted by Crippen LogP contribution is -2.71. The lowest BCUT2D eigenvalue weighted by Gasteiger charge is -2.49. The highest BCUT2D eigenvalue weighted by Gasteiger charge is 2.55. The van der Waals surface area contributed by atoms with E-state index in [2.05, 4.69) is 15.5 Å². The molecule has 14 nitrogen and oxygen atoms in total. The van der Waals surface area contributed by atoms with Gasteiger partial charge < -0.3 is 30.1 Å². The van der Waals surface area contributed by atoms with Crippen molar-refractivity contribution in [2.75, 3.05) is 32.0 Å². The molecule has 0 bridgehead atoms. The third kappa shape index (κ3) is 6.42. The number of β-lactam (4-membered cyclic amide) rings is 1. The van der Waals surface area contributed by atoms with Crippen LogP contribution < -0.4 is 11.1 Å². The number of nitrogens with one attached hydrogen (secondary N) is 1. The number of aromatic nitrogens is 1. The predicted octanol–water partition coefficient (Wildman–Crippen LogP) is 0.383. The second-order valence-corrected chi connectivity index (χ2v) is 11.0. The number of nitrogen functional groups attached to an aromatic ring is 1. The van der Waals surface area contributed by atoms with Crippen molar-refractivity contribution in [2.45, 2.75) is 39.1 Å². The van der Waals surface area contributed by atoms with Crippen molar-refractivity contribution in [1.29, 1.82) is 0 Å². The van der Waals surface area contributed by atoms with E-state index in [1.54, 1.807) is 20.8 Å². The average Bonchev–Trinajstić information content (AvgIpc) is 3.28. The van der Waals surface area contributed by atoms with Crippen molar-refractivity contribution in [2.24, 2.45) is 10.6 Å². The van der Waals surface area contributed by atoms with Crippen molar-refractivity contribution >= 4 is 63.7 Å². The molecule has 1 saturated heterocycles. The predicted molar refractivity (Wildman–Crippen MR) is 135 cm³/mol. The van der Waals surface area contributed by atoms with Crippen molar-refractivity contribution in [1.82, 2.24) is 15.2 Å². The summed E-state index contributed by atoms with van der Waals surface area (Å²) in [5.74, 6) is -3.26. The fourth-order valence-electron chi connectivity index (χ4n) is 3.29. The number of ether oxygens (including phenoxy) is 3. The number of nitrogens with zero attached hydrogens (tertiary/aromatic N) is 3. The van der Waals surface area contributed by atoms with Crippen molar-refractivity contribution in [3.05, 3.63) is 22.3 Å². The minimum Gasteiger partial charge on any atom is -0.461 e. The molecule has 0 aliphatic carbocycles. The first kappa shape index (κ1) is 28.9. The Bertz CT molecular complexity index is 1200. The van der Waals surface area contributed by atoms with Crippen LogP contribution in [0.3, 0.4) is 0 Å². The molecule has 1 aromatic heterocycles. The maximum Gasteiger partial charge on any atom is 0.358 e. The van der Waals surface area contributed by atoms with E-state index in [9.17, 15) is 24.0 Å². The molecule has 16 heteroatoms. The van der Waals surface area contributed by atoms with Gasteiger partial charge in [-0.15, -0.1) is 23.1 Å². The second-order valence-electron chi connectivity index (χ2n) is 9.02. The highest BCUT2D eigenvalue weighted by Crippen LogP contribution is 2.40. The van der Waals surface area contributed by atoms with Crippen LogP contribution in [-0.2, 0) is 43.0 Å². The maximum atomic E-state index is 13.1. The number of thiazole rings is 1. The van der Waals surface area contributed by atoms with Crippen LogP contribution >= 0.6 is 23.1 Å². The van der Waals surface area contributed by atoms with E-state index in [1.807, 2.05) is 0 Å². The average molecular weight is 570 g/mol. The van der Waals surface area contributed by atoms with E-state index in [0.29, 0.717) is 5.57 Å². The Morgan fingerprint density at radius 1 is 1.24 bits per heavy atom. The SMILES string of the molecule is CO/N=C(\C(=O)N[C@@H]1C(=O)N2C(C(=O)OCOC(=O)C(C)(C)C)=C(COC(C)=O)CS[C@H]12)c1csc(N)n1. The van der Waals surface area contributed by atoms with E-state index in [4.69, 9.17) is 24.8 Å². The zero-order valence-corrected chi connectivity index (χ0v) is 22.9. The van der Waals surface area contributed by atoms with Crippen LogP contribution in [0, 0.1) is 5.41 Å². The zero-order chi connectivity index (χ0) is 28.2. The molecule has 2 amide bonds. The maximum absolute atomic E-state index is 13.1. The number of nitrogens with two attached hydrogens (primary N) is 1. The van der Waals surface area contributed by atoms with Gasteiger partial charge in [-0.25, -0.2) is 9.78 Å². The molecule has 0 unspecified atom stereocenters. The van der Waals surface area contributed by atoms with E-state index >= 15 is 0 Å². The molecule has 2 aliphatic heterocycles. The Hall–Kier alpha value is -3.66. The number of carbonyl (C=O) groups excluding carboxylic acids is 5. The number of anilines is 1. The molecule has 206 valence electrons. The summed E-state index contributed by atoms with van der Waals surface area (Å²) in [7, 11) is 1.25. The summed E-state index contributed by atoms with van der Waals surface area (Å²) in [6.07, 6.45) is 0. The van der Waals surface area contributed by atoms with Crippen LogP contribution in [0.2, 0.25) is 0 Å². The molecule has 2 atom stereocenters. The Morgan fingerprint density at radius 3 is 2.53 bits per heavy atom. The molecule has 1 aromatic rings. The van der Waals surface area contributed by atoms with E-state index in [0.717, 1.165) is 16.2 Å². The number of thioether (sulfide) groups is 1. The number of carbonyl (C=O) groups is 5. The lowest BCUT2D eigenvalue weighted by atomic mass is 9.98. The Labute approximate surface area is 225 Å². The standard InChI is InChI=1S/C22H27N5O9S2/c1-10(28)34-6-11-7-37-18-14(25-16(29)13(26-33-5)12-8-38-21(23)24-12)17(30)27(18)15(11)19(31)35-9-36-20(32)22(2,3)4/h8,14,18H,6-7,9H2,1-5H3,(H2,23,24)(H,25,29)/b26-13-/t14-,18-/m1/s1. The summed E-state index contributed by atoms with van der Waals surface area (Å²) in [5.41, 5.74) is 5.00. The molecule has 1 fully saturated rings. The molecule has 2 aliphatic rings. The quantitative estimate of drug-likeness (QED) is 0.137. The molecule has 3 N–H and O–H groups in total. The summed E-state index contributed by atoms with van der Waals surface area (Å²) in [5, 5.41) is 7.35. The van der Waals surface area contributed by atoms with Crippen LogP contribution in [-0.4, -0.2) is 83.0 Å². The Morgan fingerprint density at radius 2 is 1.95 bits per heavy atom. The smallest absolute Gasteiger partial charge is 0.358 e. The van der Waals surface area contributed by atoms with Gasteiger partial charge in [-0.05, 0) is 20.8 Å². The summed E-state index contributed by atoms with van der Waals surface area (Å²) in [6, 6.07) is -1.01. The van der Waals surface area contributed by atoms with Gasteiger partial charge in [0.05, 0.1) is 5.41 Å². The van der Waals surface area contributed by atoms with E-state index in [-0.39, 0.29) is 34.6 Å². The molecule has 3 rings (SSSR count). The van der Waals surface area contributed by atoms with Crippen LogP contribution in [0.4, 0.5) is 5.13 Å². The molecular formula is C22H27N5O9S2. The van der Waals surface area contributed by atoms with E-state index < -0.39 is 53.3 Å². The van der Waals surface area contributed by atoms with Crippen LogP contribution in [0.5, 0.6) is 0 Å². The number of oxime groups is 1. The van der Waals surface area contributed by atoms with Crippen molar-refractivity contribution in [3.8, 4) is 0 Å². The van der Waals surface area contributed by atoms with Gasteiger partial charge >= 0.3 is 17.9 Å². The summed E-state index contributed by atoms with van der Waals surface area (Å²) in [6.45, 7) is 5.20. The molecule has 0 radical (unpaired) electrons. The minimum absolute atomic E-state index is 0.143. The second kappa shape index (κ2) is 11.8. The largest absolute Gasteiger partial charge is 0.461 e. The van der Waals surface area contributed by atoms with Gasteiger partial charge in [0.2, 0.25) is 6.79 Å². The molecule has 38 heavy (non-hydrogen) atoms. The summed E-state index contributed by atoms with van der Waals surface area (Å²) >= 11 is 2.35. The first-order valence-electron chi connectivity index (χ1n) is 11.1. The van der Waals surface area contributed by atoms with Gasteiger partial charge in [0, 0.05) is 23.6 Å². The number of amides is 2. The third-order valence-corrected chi connectivity index (χ3v) is 7.15. The van der Waals surface area contributed by atoms with Gasteiger partial charge in [-0.2, -0.15) is 0 Å². The summed E-state index contributed by atoms with van der Waals surface area (Å²) < 4.78 is 15.1. The highest BCUT2D eigenvalue weighted by atomic mass is 32.2. The monoisotopic (exact) mass is 569 g/mol. The van der Waals surface area contributed by atoms with Gasteiger partial charge in [-0.3, -0.25) is 24.1 Å². The van der Waals surface area contributed by atoms with Gasteiger partial charge in [0.1, 0.15) is 36.5 Å². The number of hydrogen-bond donors (Lipinski definition) is 2. The number of rotatable bonds is 9. The Balaban J connectivity index is 1.77. The van der Waals surface area contributed by atoms with Gasteiger partial charge in [-0.1, -0.05) is 5.16 Å². The lowest BCUT2D eigenvalue weighted by molar-refractivity contribution is -0.173. The topological polar surface area (TPSA) is 189 Å². The molecule has 3 heterocycles. The van der Waals surface area contributed by atoms with E-state index in [1.165, 1.54) is 31.2 Å². The minimum atomic E-state index is -1.01. The van der Waals surface area contributed by atoms with Gasteiger partial charge in [0.15, 0.2) is 10.8 Å². The fraction of sp³-hybridized carbons (Fsp3) is 0.500. The van der Waals surface area contributed by atoms with Crippen LogP contribution in [0.15, 0.2) is 21.8 Å². The normalized spacial score (nSPS) is 19.2. The summed E-state index contributed by atoms with van der Waals surface area (Å²) in [4.78, 5) is 72.3. The number of fused-ring (bicyclic) bond motifs is 1. The first-order valence-corrected chi connectivity index (χ1v) is 13.1. The molecule has 0 saturated carbocycles. The van der Waals surface area contributed by atoms with Crippen LogP contribution in [0.1, 0.15) is 33.4 Å². The highest BCUT2D eigenvalue weighted by molar-refractivity contribution is 8.00. The number of hydrogen-bond acceptors (Lipinski definition) is 14. The number of esters is 3. The molecule has 0 spiro atoms. The zero-order valence-electron chi connectivity index (χ0n) is 21.3. The fourth-order valence-corrected chi connectivity index (χ4v) is 5.17. The Kier molecular flexibility index (Phi) is 8.98. The van der Waals surface area contributed by atoms with Crippen molar-refractivity contribution in [3.63, 3.8) is 0 Å². The van der Waals surface area contributed by atoms with Gasteiger partial charge in [0.25, 0.3) is 11.8 Å². The molecular weight excluding hydrogens is 542 g/mol. The van der Waals surface area contributed by atoms with Crippen molar-refractivity contribution < 1.29 is 43.0 Å². The van der Waals surface area contributed by atoms with Crippen LogP contribution in [0.25, 0.3) is 0 Å².